The maximum Gasteiger partial charge on any atom is 0.0738 e. The fraction of sp³-hybridized carbons (Fsp3) is 0.238. The van der Waals surface area contributed by atoms with E-state index in [1.165, 1.54) is 16.7 Å². The van der Waals surface area contributed by atoms with Crippen LogP contribution in [0.5, 0.6) is 0 Å². The molecule has 0 saturated heterocycles. The number of fused-ring (bicyclic) bond motifs is 2. The quantitative estimate of drug-likeness (QED) is 0.641. The van der Waals surface area contributed by atoms with Crippen LogP contribution in [-0.4, -0.2) is 17.2 Å². The Hall–Kier alpha value is -2.48. The van der Waals surface area contributed by atoms with Crippen molar-refractivity contribution in [3.8, 4) is 0 Å². The molecular weight excluding hydrogens is 280 g/mol. The van der Waals surface area contributed by atoms with E-state index in [4.69, 9.17) is 4.99 Å². The van der Waals surface area contributed by atoms with E-state index in [1.54, 1.807) is 0 Å². The van der Waals surface area contributed by atoms with Crippen LogP contribution in [-0.2, 0) is 5.41 Å². The van der Waals surface area contributed by atoms with Crippen LogP contribution in [0.1, 0.15) is 36.1 Å². The molecular formula is C21H20N2. The predicted octanol–water partition coefficient (Wildman–Crippen LogP) is 4.67. The maximum absolute atomic E-state index is 4.92. The van der Waals surface area contributed by atoms with E-state index in [0.717, 1.165) is 28.7 Å². The zero-order chi connectivity index (χ0) is 16.0. The molecule has 0 atom stereocenters. The highest BCUT2D eigenvalue weighted by molar-refractivity contribution is 6.15. The van der Waals surface area contributed by atoms with Crippen molar-refractivity contribution in [2.75, 3.05) is 6.54 Å². The molecule has 3 aromatic rings. The monoisotopic (exact) mass is 300 g/mol. The van der Waals surface area contributed by atoms with Gasteiger partial charge in [0.2, 0.25) is 0 Å². The molecule has 2 aromatic carbocycles. The number of hydrogen-bond acceptors (Lipinski definition) is 2. The van der Waals surface area contributed by atoms with Gasteiger partial charge in [0.05, 0.1) is 11.2 Å². The summed E-state index contributed by atoms with van der Waals surface area (Å²) < 4.78 is 0. The summed E-state index contributed by atoms with van der Waals surface area (Å²) in [6.07, 6.45) is 1.95. The molecule has 4 rings (SSSR count). The minimum atomic E-state index is 0.0778. The lowest BCUT2D eigenvalue weighted by molar-refractivity contribution is 0.529. The van der Waals surface area contributed by atoms with Crippen LogP contribution < -0.4 is 0 Å². The number of nitrogens with zero attached hydrogens (tertiary/aromatic N) is 2. The minimum absolute atomic E-state index is 0.0778. The molecule has 114 valence electrons. The van der Waals surface area contributed by atoms with Crippen molar-refractivity contribution in [3.05, 3.63) is 77.0 Å². The second-order valence-electron chi connectivity index (χ2n) is 6.96. The van der Waals surface area contributed by atoms with Gasteiger partial charge < -0.3 is 0 Å². The van der Waals surface area contributed by atoms with Crippen LogP contribution >= 0.6 is 0 Å². The molecule has 2 heteroatoms. The van der Waals surface area contributed by atoms with Gasteiger partial charge in [-0.05, 0) is 30.2 Å². The highest BCUT2D eigenvalue weighted by Crippen LogP contribution is 2.35. The SMILES string of the molecule is Cc1cccc2c1C(C)(C)CN=C2c1cnc2ccccc2c1. The molecule has 0 amide bonds. The molecule has 0 N–H and O–H groups in total. The number of aryl methyl sites for hydroxylation is 1. The van der Waals surface area contributed by atoms with Gasteiger partial charge >= 0.3 is 0 Å². The van der Waals surface area contributed by atoms with Crippen LogP contribution in [0.25, 0.3) is 10.9 Å². The van der Waals surface area contributed by atoms with Crippen molar-refractivity contribution in [2.24, 2.45) is 4.99 Å². The van der Waals surface area contributed by atoms with Gasteiger partial charge in [0.1, 0.15) is 0 Å². The first kappa shape index (κ1) is 14.1. The van der Waals surface area contributed by atoms with Gasteiger partial charge in [-0.25, -0.2) is 0 Å². The Morgan fingerprint density at radius 3 is 2.70 bits per heavy atom. The number of rotatable bonds is 1. The smallest absolute Gasteiger partial charge is 0.0738 e. The summed E-state index contributed by atoms with van der Waals surface area (Å²) in [4.78, 5) is 9.53. The van der Waals surface area contributed by atoms with Crippen molar-refractivity contribution >= 4 is 16.6 Å². The zero-order valence-corrected chi connectivity index (χ0v) is 13.8. The second-order valence-corrected chi connectivity index (χ2v) is 6.96. The first-order valence-corrected chi connectivity index (χ1v) is 8.06. The summed E-state index contributed by atoms with van der Waals surface area (Å²) in [6.45, 7) is 7.56. The molecule has 2 heterocycles. The summed E-state index contributed by atoms with van der Waals surface area (Å²) in [5.74, 6) is 0. The predicted molar refractivity (Wildman–Crippen MR) is 96.5 cm³/mol. The van der Waals surface area contributed by atoms with Gasteiger partial charge in [0.15, 0.2) is 0 Å². The summed E-state index contributed by atoms with van der Waals surface area (Å²) in [5, 5.41) is 1.16. The Morgan fingerprint density at radius 1 is 1.00 bits per heavy atom. The van der Waals surface area contributed by atoms with Crippen LogP contribution in [0.4, 0.5) is 0 Å². The van der Waals surface area contributed by atoms with E-state index < -0.39 is 0 Å². The highest BCUT2D eigenvalue weighted by atomic mass is 14.8. The van der Waals surface area contributed by atoms with Crippen molar-refractivity contribution < 1.29 is 0 Å². The van der Waals surface area contributed by atoms with E-state index in [0.29, 0.717) is 0 Å². The Labute approximate surface area is 136 Å². The average molecular weight is 300 g/mol. The Kier molecular flexibility index (Phi) is 3.08. The second kappa shape index (κ2) is 5.02. The van der Waals surface area contributed by atoms with Gasteiger partial charge in [-0.2, -0.15) is 0 Å². The largest absolute Gasteiger partial charge is 0.283 e. The van der Waals surface area contributed by atoms with Crippen LogP contribution in [0.3, 0.4) is 0 Å². The Bertz CT molecular complexity index is 935. The van der Waals surface area contributed by atoms with E-state index in [2.05, 4.69) is 62.2 Å². The summed E-state index contributed by atoms with van der Waals surface area (Å²) >= 11 is 0. The number of hydrogen-bond donors (Lipinski definition) is 0. The minimum Gasteiger partial charge on any atom is -0.283 e. The maximum atomic E-state index is 4.92. The lowest BCUT2D eigenvalue weighted by atomic mass is 9.75. The first-order valence-electron chi connectivity index (χ1n) is 8.06. The standard InChI is InChI=1S/C21H20N2/c1-14-7-6-9-17-19(14)21(2,3)13-23-20(17)16-11-15-8-4-5-10-18(15)22-12-16/h4-12H,13H2,1-3H3. The molecule has 0 radical (unpaired) electrons. The third kappa shape index (κ3) is 2.26. The molecule has 1 aliphatic rings. The van der Waals surface area contributed by atoms with Crippen molar-refractivity contribution in [1.29, 1.82) is 0 Å². The van der Waals surface area contributed by atoms with Crippen molar-refractivity contribution in [1.82, 2.24) is 4.98 Å². The molecule has 0 spiro atoms. The van der Waals surface area contributed by atoms with Crippen molar-refractivity contribution in [3.63, 3.8) is 0 Å². The van der Waals surface area contributed by atoms with Gasteiger partial charge in [0, 0.05) is 34.7 Å². The van der Waals surface area contributed by atoms with E-state index in [1.807, 2.05) is 18.3 Å². The average Bonchev–Trinajstić information content (AvgIpc) is 2.54. The number of benzene rings is 2. The molecule has 2 nitrogen and oxygen atoms in total. The summed E-state index contributed by atoms with van der Waals surface area (Å²) in [5.41, 5.74) is 7.28. The molecule has 0 fully saturated rings. The Morgan fingerprint density at radius 2 is 1.83 bits per heavy atom. The number of para-hydroxylation sites is 1. The van der Waals surface area contributed by atoms with Crippen LogP contribution in [0.15, 0.2) is 59.7 Å². The lowest BCUT2D eigenvalue weighted by Crippen LogP contribution is -2.31. The van der Waals surface area contributed by atoms with Crippen LogP contribution in [0, 0.1) is 6.92 Å². The van der Waals surface area contributed by atoms with Crippen LogP contribution in [0.2, 0.25) is 0 Å². The molecule has 0 unspecified atom stereocenters. The normalized spacial score (nSPS) is 16.0. The number of pyridine rings is 1. The van der Waals surface area contributed by atoms with E-state index in [-0.39, 0.29) is 5.41 Å². The summed E-state index contributed by atoms with van der Waals surface area (Å²) in [7, 11) is 0. The molecule has 0 aliphatic carbocycles. The zero-order valence-electron chi connectivity index (χ0n) is 13.8. The lowest BCUT2D eigenvalue weighted by Gasteiger charge is -2.33. The first-order chi connectivity index (χ1) is 11.1. The number of aromatic nitrogens is 1. The topological polar surface area (TPSA) is 25.2 Å². The molecule has 1 aliphatic heterocycles. The number of aliphatic imine (C=N–C) groups is 1. The van der Waals surface area contributed by atoms with Gasteiger partial charge in [-0.1, -0.05) is 50.2 Å². The van der Waals surface area contributed by atoms with Crippen molar-refractivity contribution in [2.45, 2.75) is 26.2 Å². The van der Waals surface area contributed by atoms with E-state index in [9.17, 15) is 0 Å². The van der Waals surface area contributed by atoms with E-state index >= 15 is 0 Å². The fourth-order valence-corrected chi connectivity index (χ4v) is 3.65. The van der Waals surface area contributed by atoms with Gasteiger partial charge in [-0.3, -0.25) is 9.98 Å². The Balaban J connectivity index is 1.92. The van der Waals surface area contributed by atoms with Gasteiger partial charge in [-0.15, -0.1) is 0 Å². The summed E-state index contributed by atoms with van der Waals surface area (Å²) in [6, 6.07) is 16.9. The third-order valence-electron chi connectivity index (χ3n) is 4.70. The fourth-order valence-electron chi connectivity index (χ4n) is 3.65. The molecule has 0 saturated carbocycles. The highest BCUT2D eigenvalue weighted by Gasteiger charge is 2.31. The third-order valence-corrected chi connectivity index (χ3v) is 4.70. The molecule has 1 aromatic heterocycles. The molecule has 0 bridgehead atoms. The molecule has 23 heavy (non-hydrogen) atoms. The van der Waals surface area contributed by atoms with Gasteiger partial charge in [0.25, 0.3) is 0 Å².